The number of pyridine rings is 1. The Kier molecular flexibility index (Phi) is 6.06. The molecule has 1 saturated carbocycles. The Morgan fingerprint density at radius 3 is 2.64 bits per heavy atom. The predicted molar refractivity (Wildman–Crippen MR) is 132 cm³/mol. The van der Waals surface area contributed by atoms with Crippen LogP contribution in [0.25, 0.3) is 11.0 Å². The summed E-state index contributed by atoms with van der Waals surface area (Å²) >= 11 is 0. The number of rotatable bonds is 7. The molecule has 7 heteroatoms. The highest BCUT2D eigenvalue weighted by Crippen LogP contribution is 2.40. The third kappa shape index (κ3) is 4.74. The number of amides is 1. The van der Waals surface area contributed by atoms with Gasteiger partial charge in [0.1, 0.15) is 0 Å². The van der Waals surface area contributed by atoms with Gasteiger partial charge in [0.05, 0.1) is 16.6 Å². The second-order valence-electron chi connectivity index (χ2n) is 9.55. The minimum Gasteiger partial charge on any atom is -0.369 e. The van der Waals surface area contributed by atoms with Gasteiger partial charge in [0.15, 0.2) is 5.65 Å². The van der Waals surface area contributed by atoms with E-state index in [0.29, 0.717) is 12.5 Å². The fourth-order valence-corrected chi connectivity index (χ4v) is 4.89. The van der Waals surface area contributed by atoms with E-state index in [4.69, 9.17) is 4.98 Å². The molecule has 0 radical (unpaired) electrons. The van der Waals surface area contributed by atoms with Gasteiger partial charge in [-0.3, -0.25) is 14.4 Å². The van der Waals surface area contributed by atoms with Crippen molar-refractivity contribution < 1.29 is 4.79 Å². The van der Waals surface area contributed by atoms with Crippen molar-refractivity contribution in [3.63, 3.8) is 0 Å². The topological polar surface area (TPSA) is 66.3 Å². The first kappa shape index (κ1) is 21.9. The number of aryl methyl sites for hydroxylation is 3. The molecule has 1 aromatic carbocycles. The fourth-order valence-electron chi connectivity index (χ4n) is 4.89. The summed E-state index contributed by atoms with van der Waals surface area (Å²) in [6.07, 6.45) is 3.27. The molecule has 2 aliphatic rings. The molecular formula is C26H34N6O. The second-order valence-corrected chi connectivity index (χ2v) is 9.55. The van der Waals surface area contributed by atoms with Gasteiger partial charge in [0.2, 0.25) is 0 Å². The minimum atomic E-state index is -0.00957. The van der Waals surface area contributed by atoms with Crippen molar-refractivity contribution in [1.29, 1.82) is 0 Å². The molecule has 7 nitrogen and oxygen atoms in total. The Labute approximate surface area is 195 Å². The number of nitrogens with zero attached hydrogens (tertiary/aromatic N) is 5. The van der Waals surface area contributed by atoms with Crippen molar-refractivity contribution in [1.82, 2.24) is 25.0 Å². The maximum atomic E-state index is 13.1. The summed E-state index contributed by atoms with van der Waals surface area (Å²) in [6, 6.07) is 10.7. The highest BCUT2D eigenvalue weighted by Gasteiger charge is 2.28. The van der Waals surface area contributed by atoms with Crippen molar-refractivity contribution in [2.75, 3.05) is 44.2 Å². The van der Waals surface area contributed by atoms with Crippen LogP contribution in [0.1, 0.15) is 52.5 Å². The molecule has 1 aliphatic carbocycles. The molecule has 1 amide bonds. The largest absolute Gasteiger partial charge is 0.369 e. The van der Waals surface area contributed by atoms with E-state index in [0.717, 1.165) is 80.0 Å². The van der Waals surface area contributed by atoms with E-state index in [1.165, 1.54) is 11.3 Å². The summed E-state index contributed by atoms with van der Waals surface area (Å²) in [5.41, 5.74) is 6.05. The van der Waals surface area contributed by atoms with E-state index in [2.05, 4.69) is 51.4 Å². The van der Waals surface area contributed by atoms with Crippen LogP contribution in [0.3, 0.4) is 0 Å². The summed E-state index contributed by atoms with van der Waals surface area (Å²) < 4.78 is 1.80. The van der Waals surface area contributed by atoms with Gasteiger partial charge in [-0.2, -0.15) is 5.10 Å². The number of benzene rings is 1. The lowest BCUT2D eigenvalue weighted by Gasteiger charge is -2.36. The highest BCUT2D eigenvalue weighted by atomic mass is 16.1. The van der Waals surface area contributed by atoms with Gasteiger partial charge in [0.25, 0.3) is 5.91 Å². The van der Waals surface area contributed by atoms with Crippen molar-refractivity contribution in [2.24, 2.45) is 7.05 Å². The van der Waals surface area contributed by atoms with E-state index in [1.807, 2.05) is 20.0 Å². The van der Waals surface area contributed by atoms with Crippen LogP contribution in [0, 0.1) is 13.8 Å². The van der Waals surface area contributed by atoms with Crippen LogP contribution in [-0.4, -0.2) is 64.8 Å². The maximum absolute atomic E-state index is 13.1. The summed E-state index contributed by atoms with van der Waals surface area (Å²) in [7, 11) is 1.90. The number of fused-ring (bicyclic) bond motifs is 1. The Balaban J connectivity index is 1.14. The quantitative estimate of drug-likeness (QED) is 0.564. The van der Waals surface area contributed by atoms with E-state index < -0.39 is 0 Å². The molecule has 0 unspecified atom stereocenters. The number of carbonyl (C=O) groups is 1. The number of hydrogen-bond donors (Lipinski definition) is 1. The Hall–Kier alpha value is -2.93. The van der Waals surface area contributed by atoms with Gasteiger partial charge < -0.3 is 10.2 Å². The van der Waals surface area contributed by atoms with E-state index in [1.54, 1.807) is 4.68 Å². The SMILES string of the molecule is Cc1cccc(N2CCN(CCCNC(=O)c3cc(C4CC4)nc4c3c(C)nn4C)CC2)c1. The average Bonchev–Trinajstić information content (AvgIpc) is 3.62. The molecule has 33 heavy (non-hydrogen) atoms. The van der Waals surface area contributed by atoms with Crippen molar-refractivity contribution in [2.45, 2.75) is 39.0 Å². The van der Waals surface area contributed by atoms with Crippen LogP contribution in [0.4, 0.5) is 5.69 Å². The van der Waals surface area contributed by atoms with Crippen LogP contribution < -0.4 is 10.2 Å². The molecule has 0 atom stereocenters. The normalized spacial score (nSPS) is 17.0. The number of nitrogens with one attached hydrogen (secondary N) is 1. The molecule has 174 valence electrons. The zero-order valence-corrected chi connectivity index (χ0v) is 20.0. The van der Waals surface area contributed by atoms with Gasteiger partial charge in [-0.1, -0.05) is 12.1 Å². The molecule has 1 saturated heterocycles. The zero-order valence-electron chi connectivity index (χ0n) is 20.0. The van der Waals surface area contributed by atoms with Crippen LogP contribution in [-0.2, 0) is 7.05 Å². The Morgan fingerprint density at radius 2 is 1.91 bits per heavy atom. The van der Waals surface area contributed by atoms with Crippen LogP contribution >= 0.6 is 0 Å². The number of piperazine rings is 1. The molecule has 2 aromatic heterocycles. The third-order valence-corrected chi connectivity index (χ3v) is 6.90. The summed E-state index contributed by atoms with van der Waals surface area (Å²) in [5, 5.41) is 8.54. The van der Waals surface area contributed by atoms with E-state index in [9.17, 15) is 4.79 Å². The summed E-state index contributed by atoms with van der Waals surface area (Å²) in [4.78, 5) is 22.9. The average molecular weight is 447 g/mol. The van der Waals surface area contributed by atoms with Gasteiger partial charge in [0, 0.05) is 57.1 Å². The van der Waals surface area contributed by atoms with E-state index >= 15 is 0 Å². The van der Waals surface area contributed by atoms with Gasteiger partial charge in [-0.25, -0.2) is 4.98 Å². The Morgan fingerprint density at radius 1 is 1.12 bits per heavy atom. The Bertz CT molecular complexity index is 1160. The molecule has 3 aromatic rings. The van der Waals surface area contributed by atoms with Crippen molar-refractivity contribution in [3.05, 3.63) is 52.8 Å². The molecule has 3 heterocycles. The third-order valence-electron chi connectivity index (χ3n) is 6.90. The maximum Gasteiger partial charge on any atom is 0.252 e. The van der Waals surface area contributed by atoms with Crippen LogP contribution in [0.15, 0.2) is 30.3 Å². The van der Waals surface area contributed by atoms with Gasteiger partial charge in [-0.15, -0.1) is 0 Å². The van der Waals surface area contributed by atoms with Crippen LogP contribution in [0.5, 0.6) is 0 Å². The lowest BCUT2D eigenvalue weighted by molar-refractivity contribution is 0.0953. The molecule has 2 fully saturated rings. The standard InChI is InChI=1S/C26H34N6O/c1-18-6-4-7-21(16-18)32-14-12-31(13-15-32)11-5-10-27-26(33)22-17-23(20-8-9-20)28-25-24(22)19(2)29-30(25)3/h4,6-7,16-17,20H,5,8-15H2,1-3H3,(H,27,33). The zero-order chi connectivity index (χ0) is 22.9. The molecule has 5 rings (SSSR count). The first-order valence-electron chi connectivity index (χ1n) is 12.2. The first-order valence-corrected chi connectivity index (χ1v) is 12.2. The van der Waals surface area contributed by atoms with Crippen LogP contribution in [0.2, 0.25) is 0 Å². The predicted octanol–water partition coefficient (Wildman–Crippen LogP) is 3.40. The van der Waals surface area contributed by atoms with Gasteiger partial charge in [-0.05, 0) is 63.4 Å². The molecule has 0 spiro atoms. The summed E-state index contributed by atoms with van der Waals surface area (Å²) in [5.74, 6) is 0.485. The molecule has 1 aliphatic heterocycles. The van der Waals surface area contributed by atoms with Crippen molar-refractivity contribution in [3.8, 4) is 0 Å². The van der Waals surface area contributed by atoms with E-state index in [-0.39, 0.29) is 5.91 Å². The summed E-state index contributed by atoms with van der Waals surface area (Å²) in [6.45, 7) is 10.0. The monoisotopic (exact) mass is 446 g/mol. The minimum absolute atomic E-state index is 0.00957. The lowest BCUT2D eigenvalue weighted by Crippen LogP contribution is -2.47. The fraction of sp³-hybridized carbons (Fsp3) is 0.500. The number of anilines is 1. The van der Waals surface area contributed by atoms with Gasteiger partial charge >= 0.3 is 0 Å². The molecular weight excluding hydrogens is 412 g/mol. The number of hydrogen-bond acceptors (Lipinski definition) is 5. The number of carbonyl (C=O) groups excluding carboxylic acids is 1. The second kappa shape index (κ2) is 9.14. The molecule has 0 bridgehead atoms. The first-order chi connectivity index (χ1) is 16.0. The smallest absolute Gasteiger partial charge is 0.252 e. The highest BCUT2D eigenvalue weighted by molar-refractivity contribution is 6.06. The lowest BCUT2D eigenvalue weighted by atomic mass is 10.1. The number of aromatic nitrogens is 3. The molecule has 1 N–H and O–H groups in total. The van der Waals surface area contributed by atoms with Crippen molar-refractivity contribution >= 4 is 22.6 Å².